The van der Waals surface area contributed by atoms with Crippen LogP contribution in [0.15, 0.2) is 49.1 Å². The summed E-state index contributed by atoms with van der Waals surface area (Å²) in [5, 5.41) is 2.44. The number of pyridine rings is 1. The Morgan fingerprint density at radius 3 is 2.76 bits per heavy atom. The quantitative estimate of drug-likeness (QED) is 0.491. The first-order valence-electron chi connectivity index (χ1n) is 7.03. The molecule has 0 bridgehead atoms. The molecule has 104 valence electrons. The summed E-state index contributed by atoms with van der Waals surface area (Å²) in [6.07, 6.45) is 7.96. The maximum atomic E-state index is 4.31. The minimum atomic E-state index is 1.13. The zero-order valence-electron chi connectivity index (χ0n) is 12.4. The number of hydrogen-bond acceptors (Lipinski definition) is 1. The van der Waals surface area contributed by atoms with Gasteiger partial charge in [-0.2, -0.15) is 4.57 Å². The number of aromatic nitrogens is 4. The molecule has 0 spiro atoms. The molecule has 4 rings (SSSR count). The lowest BCUT2D eigenvalue weighted by Crippen LogP contribution is -2.32. The number of hydrogen-bond donors (Lipinski definition) is 0. The average Bonchev–Trinajstić information content (AvgIpc) is 2.98. The third kappa shape index (κ3) is 1.56. The maximum Gasteiger partial charge on any atom is 0.369 e. The monoisotopic (exact) mass is 277 g/mol. The van der Waals surface area contributed by atoms with Crippen LogP contribution < -0.4 is 4.57 Å². The Kier molecular flexibility index (Phi) is 2.42. The molecule has 4 aromatic rings. The predicted octanol–water partition coefficient (Wildman–Crippen LogP) is 2.65. The van der Waals surface area contributed by atoms with Gasteiger partial charge in [0.2, 0.25) is 0 Å². The van der Waals surface area contributed by atoms with Crippen molar-refractivity contribution in [2.75, 3.05) is 0 Å². The van der Waals surface area contributed by atoms with E-state index in [1.165, 1.54) is 27.4 Å². The number of imidazole rings is 1. The second-order valence-corrected chi connectivity index (χ2v) is 5.52. The van der Waals surface area contributed by atoms with E-state index in [2.05, 4.69) is 76.4 Å². The van der Waals surface area contributed by atoms with E-state index in [-0.39, 0.29) is 0 Å². The third-order valence-corrected chi connectivity index (χ3v) is 4.14. The second kappa shape index (κ2) is 4.19. The molecule has 0 aliphatic carbocycles. The van der Waals surface area contributed by atoms with Crippen molar-refractivity contribution < 1.29 is 4.57 Å². The summed E-state index contributed by atoms with van der Waals surface area (Å²) in [5.74, 6) is 1.13. The number of fused-ring (bicyclic) bond motifs is 3. The van der Waals surface area contributed by atoms with Crippen LogP contribution in [0.2, 0.25) is 0 Å². The molecule has 3 aromatic heterocycles. The van der Waals surface area contributed by atoms with Crippen molar-refractivity contribution in [1.29, 1.82) is 0 Å². The van der Waals surface area contributed by atoms with E-state index >= 15 is 0 Å². The summed E-state index contributed by atoms with van der Waals surface area (Å²) in [7, 11) is 4.15. The van der Waals surface area contributed by atoms with Crippen molar-refractivity contribution in [3.8, 4) is 5.95 Å². The van der Waals surface area contributed by atoms with E-state index in [1.807, 2.05) is 12.4 Å². The molecule has 4 nitrogen and oxygen atoms in total. The molecule has 0 radical (unpaired) electrons. The lowest BCUT2D eigenvalue weighted by atomic mass is 10.1. The first-order chi connectivity index (χ1) is 10.2. The molecule has 0 fully saturated rings. The second-order valence-electron chi connectivity index (χ2n) is 5.52. The molecule has 0 aliphatic heterocycles. The Bertz CT molecular complexity index is 956. The SMILES string of the molecule is Cc1cccc2c3cnccc3n(-c3n(C)cc[n+]3C)c12. The van der Waals surface area contributed by atoms with Crippen molar-refractivity contribution >= 4 is 21.8 Å². The van der Waals surface area contributed by atoms with Crippen LogP contribution in [0.3, 0.4) is 0 Å². The van der Waals surface area contributed by atoms with Crippen LogP contribution in [0, 0.1) is 6.92 Å². The van der Waals surface area contributed by atoms with Crippen LogP contribution in [0.4, 0.5) is 0 Å². The van der Waals surface area contributed by atoms with E-state index in [9.17, 15) is 0 Å². The standard InChI is InChI=1S/C17H17N4/c1-12-5-4-6-13-14-11-18-8-7-15(14)21(16(12)13)17-19(2)9-10-20(17)3/h4-11H,1-3H3/q+1. The van der Waals surface area contributed by atoms with Crippen molar-refractivity contribution in [2.24, 2.45) is 14.1 Å². The molecule has 0 unspecified atom stereocenters. The highest BCUT2D eigenvalue weighted by Gasteiger charge is 2.23. The van der Waals surface area contributed by atoms with Crippen molar-refractivity contribution in [3.63, 3.8) is 0 Å². The molecule has 4 heteroatoms. The van der Waals surface area contributed by atoms with Crippen LogP contribution in [0.1, 0.15) is 5.56 Å². The van der Waals surface area contributed by atoms with Crippen LogP contribution in [-0.4, -0.2) is 14.1 Å². The molecule has 0 atom stereocenters. The fraction of sp³-hybridized carbons (Fsp3) is 0.176. The van der Waals surface area contributed by atoms with Crippen LogP contribution >= 0.6 is 0 Å². The number of rotatable bonds is 1. The van der Waals surface area contributed by atoms with Crippen molar-refractivity contribution in [1.82, 2.24) is 14.1 Å². The van der Waals surface area contributed by atoms with Gasteiger partial charge in [0.15, 0.2) is 0 Å². The molecule has 0 saturated heterocycles. The van der Waals surface area contributed by atoms with E-state index in [4.69, 9.17) is 0 Å². The molecule has 1 aromatic carbocycles. The van der Waals surface area contributed by atoms with Gasteiger partial charge in [-0.05, 0) is 18.6 Å². The Morgan fingerprint density at radius 1 is 1.14 bits per heavy atom. The maximum absolute atomic E-state index is 4.31. The number of benzene rings is 1. The minimum absolute atomic E-state index is 1.13. The van der Waals surface area contributed by atoms with Gasteiger partial charge < -0.3 is 0 Å². The van der Waals surface area contributed by atoms with E-state index in [1.54, 1.807) is 0 Å². The Labute approximate surface area is 122 Å². The largest absolute Gasteiger partial charge is 0.369 e. The first-order valence-corrected chi connectivity index (χ1v) is 7.03. The Morgan fingerprint density at radius 2 is 2.00 bits per heavy atom. The molecule has 0 saturated carbocycles. The summed E-state index contributed by atoms with van der Waals surface area (Å²) in [6, 6.07) is 8.53. The number of para-hydroxylation sites is 1. The van der Waals surface area contributed by atoms with Gasteiger partial charge in [-0.15, -0.1) is 0 Å². The third-order valence-electron chi connectivity index (χ3n) is 4.14. The predicted molar refractivity (Wildman–Crippen MR) is 83.5 cm³/mol. The highest BCUT2D eigenvalue weighted by Crippen LogP contribution is 2.32. The molecular weight excluding hydrogens is 260 g/mol. The van der Waals surface area contributed by atoms with Gasteiger partial charge in [0, 0.05) is 23.2 Å². The minimum Gasteiger partial charge on any atom is -0.264 e. The van der Waals surface area contributed by atoms with E-state index in [0.717, 1.165) is 5.95 Å². The van der Waals surface area contributed by atoms with Gasteiger partial charge in [0.25, 0.3) is 0 Å². The van der Waals surface area contributed by atoms with Gasteiger partial charge in [0.05, 0.1) is 26.5 Å². The average molecular weight is 277 g/mol. The van der Waals surface area contributed by atoms with Gasteiger partial charge in [0.1, 0.15) is 11.0 Å². The number of nitrogens with zero attached hydrogens (tertiary/aromatic N) is 4. The highest BCUT2D eigenvalue weighted by molar-refractivity contribution is 6.09. The van der Waals surface area contributed by atoms with E-state index in [0.29, 0.717) is 0 Å². The topological polar surface area (TPSA) is 26.6 Å². The number of aryl methyl sites for hydroxylation is 3. The van der Waals surface area contributed by atoms with Crippen LogP contribution in [-0.2, 0) is 14.1 Å². The normalized spacial score (nSPS) is 11.6. The summed E-state index contributed by atoms with van der Waals surface area (Å²) >= 11 is 0. The van der Waals surface area contributed by atoms with Gasteiger partial charge in [-0.25, -0.2) is 9.13 Å². The highest BCUT2D eigenvalue weighted by atomic mass is 15.3. The summed E-state index contributed by atoms with van der Waals surface area (Å²) in [6.45, 7) is 2.16. The molecular formula is C17H17N4+. The van der Waals surface area contributed by atoms with Gasteiger partial charge in [-0.1, -0.05) is 18.2 Å². The molecule has 3 heterocycles. The lowest BCUT2D eigenvalue weighted by molar-refractivity contribution is -0.664. The molecule has 21 heavy (non-hydrogen) atoms. The smallest absolute Gasteiger partial charge is 0.264 e. The molecule has 0 aliphatic rings. The van der Waals surface area contributed by atoms with E-state index < -0.39 is 0 Å². The summed E-state index contributed by atoms with van der Waals surface area (Å²) < 4.78 is 6.61. The fourth-order valence-electron chi connectivity index (χ4n) is 3.19. The Balaban J connectivity index is 2.31. The van der Waals surface area contributed by atoms with Crippen LogP contribution in [0.5, 0.6) is 0 Å². The zero-order chi connectivity index (χ0) is 14.6. The first kappa shape index (κ1) is 12.1. The summed E-state index contributed by atoms with van der Waals surface area (Å²) in [4.78, 5) is 4.31. The molecule has 0 amide bonds. The summed E-state index contributed by atoms with van der Waals surface area (Å²) in [5.41, 5.74) is 3.70. The zero-order valence-corrected chi connectivity index (χ0v) is 12.4. The Hall–Kier alpha value is -2.62. The van der Waals surface area contributed by atoms with Crippen molar-refractivity contribution in [3.05, 3.63) is 54.6 Å². The van der Waals surface area contributed by atoms with Crippen molar-refractivity contribution in [2.45, 2.75) is 6.92 Å². The lowest BCUT2D eigenvalue weighted by Gasteiger charge is -2.04. The fourth-order valence-corrected chi connectivity index (χ4v) is 3.19. The van der Waals surface area contributed by atoms with Gasteiger partial charge >= 0.3 is 5.95 Å². The molecule has 0 N–H and O–H groups in total. The van der Waals surface area contributed by atoms with Gasteiger partial charge in [-0.3, -0.25) is 4.98 Å². The van der Waals surface area contributed by atoms with Crippen LogP contribution in [0.25, 0.3) is 27.8 Å².